The van der Waals surface area contributed by atoms with E-state index in [-0.39, 0.29) is 17.5 Å². The van der Waals surface area contributed by atoms with E-state index in [4.69, 9.17) is 4.74 Å². The fraction of sp³-hybridized carbons (Fsp3) is 0.348. The maximum absolute atomic E-state index is 12.7. The molecule has 3 aromatic rings. The lowest BCUT2D eigenvalue weighted by atomic mass is 10.2. The van der Waals surface area contributed by atoms with E-state index in [1.165, 1.54) is 0 Å². The summed E-state index contributed by atoms with van der Waals surface area (Å²) in [6.45, 7) is 5.70. The topological polar surface area (TPSA) is 79.2 Å². The normalized spacial score (nSPS) is 16.2. The first-order valence-corrected chi connectivity index (χ1v) is 10.4. The van der Waals surface area contributed by atoms with Crippen LogP contribution >= 0.6 is 0 Å². The van der Waals surface area contributed by atoms with Crippen molar-refractivity contribution in [1.82, 2.24) is 19.2 Å². The molecule has 0 saturated carbocycles. The highest BCUT2D eigenvalue weighted by Gasteiger charge is 2.26. The molecule has 1 amide bonds. The van der Waals surface area contributed by atoms with Crippen molar-refractivity contribution in [3.63, 3.8) is 0 Å². The van der Waals surface area contributed by atoms with Crippen molar-refractivity contribution in [3.8, 4) is 5.75 Å². The average Bonchev–Trinajstić information content (AvgIpc) is 2.79. The number of carbonyl (C=O) groups excluding carboxylic acids is 1. The van der Waals surface area contributed by atoms with Crippen LogP contribution in [0.25, 0.3) is 5.65 Å². The minimum Gasteiger partial charge on any atom is -0.495 e. The van der Waals surface area contributed by atoms with Gasteiger partial charge < -0.3 is 10.1 Å². The Hall–Kier alpha value is -3.23. The number of methoxy groups -OCH3 is 1. The van der Waals surface area contributed by atoms with Gasteiger partial charge in [0.15, 0.2) is 0 Å². The van der Waals surface area contributed by atoms with Crippen molar-refractivity contribution < 1.29 is 9.53 Å². The molecule has 1 saturated heterocycles. The Morgan fingerprint density at radius 1 is 1.13 bits per heavy atom. The molecule has 162 valence electrons. The number of ether oxygens (including phenoxy) is 1. The number of fused-ring (bicyclic) bond motifs is 1. The fourth-order valence-corrected chi connectivity index (χ4v) is 3.87. The van der Waals surface area contributed by atoms with Gasteiger partial charge in [-0.3, -0.25) is 23.8 Å². The maximum atomic E-state index is 12.7. The zero-order chi connectivity index (χ0) is 21.8. The third kappa shape index (κ3) is 4.76. The number of amides is 1. The molecule has 0 aliphatic carbocycles. The Bertz CT molecular complexity index is 1120. The zero-order valence-electron chi connectivity index (χ0n) is 17.8. The fourth-order valence-electron chi connectivity index (χ4n) is 3.87. The summed E-state index contributed by atoms with van der Waals surface area (Å²) in [5.74, 6) is 0.592. The van der Waals surface area contributed by atoms with Crippen LogP contribution in [0.4, 0.5) is 5.69 Å². The molecular formula is C23H27N5O3. The summed E-state index contributed by atoms with van der Waals surface area (Å²) in [5.41, 5.74) is 2.03. The molecule has 8 nitrogen and oxygen atoms in total. The number of nitrogens with zero attached hydrogens (tertiary/aromatic N) is 4. The van der Waals surface area contributed by atoms with E-state index in [1.807, 2.05) is 49.4 Å². The van der Waals surface area contributed by atoms with Crippen molar-refractivity contribution in [2.45, 2.75) is 19.5 Å². The molecule has 0 unspecified atom stereocenters. The van der Waals surface area contributed by atoms with Gasteiger partial charge in [0.25, 0.3) is 5.56 Å². The van der Waals surface area contributed by atoms with Crippen molar-refractivity contribution in [2.75, 3.05) is 38.6 Å². The Morgan fingerprint density at radius 2 is 1.87 bits per heavy atom. The van der Waals surface area contributed by atoms with Crippen LogP contribution < -0.4 is 15.6 Å². The number of hydrogen-bond acceptors (Lipinski definition) is 6. The molecule has 1 aromatic carbocycles. The lowest BCUT2D eigenvalue weighted by Crippen LogP contribution is -2.52. The van der Waals surface area contributed by atoms with Crippen LogP contribution in [0.2, 0.25) is 0 Å². The molecule has 0 bridgehead atoms. The van der Waals surface area contributed by atoms with E-state index < -0.39 is 0 Å². The number of pyridine rings is 1. The quantitative estimate of drug-likeness (QED) is 0.655. The Morgan fingerprint density at radius 3 is 2.65 bits per heavy atom. The lowest BCUT2D eigenvalue weighted by molar-refractivity contribution is -0.121. The van der Waals surface area contributed by atoms with E-state index in [9.17, 15) is 9.59 Å². The van der Waals surface area contributed by atoms with Gasteiger partial charge in [0, 0.05) is 45.0 Å². The van der Waals surface area contributed by atoms with Gasteiger partial charge >= 0.3 is 0 Å². The molecule has 31 heavy (non-hydrogen) atoms. The highest BCUT2D eigenvalue weighted by atomic mass is 16.5. The smallest absolute Gasteiger partial charge is 0.258 e. The van der Waals surface area contributed by atoms with E-state index in [2.05, 4.69) is 20.1 Å². The summed E-state index contributed by atoms with van der Waals surface area (Å²) in [5, 5.41) is 2.97. The van der Waals surface area contributed by atoms with Crippen molar-refractivity contribution in [1.29, 1.82) is 0 Å². The van der Waals surface area contributed by atoms with Crippen LogP contribution in [-0.4, -0.2) is 64.4 Å². The predicted octanol–water partition coefficient (Wildman–Crippen LogP) is 1.85. The molecule has 3 heterocycles. The number of hydrogen-bond donors (Lipinski definition) is 1. The van der Waals surface area contributed by atoms with Crippen LogP contribution in [0.3, 0.4) is 0 Å². The van der Waals surface area contributed by atoms with Gasteiger partial charge in [0.1, 0.15) is 11.4 Å². The minimum absolute atomic E-state index is 0.0535. The zero-order valence-corrected chi connectivity index (χ0v) is 17.8. The molecule has 1 N–H and O–H groups in total. The highest BCUT2D eigenvalue weighted by molar-refractivity contribution is 5.95. The standard InChI is InChI=1S/C23H27N5O3/c1-17(23(30)25-19-7-3-4-8-20(19)31-2)27-13-11-26(12-14-27)16-18-15-22(29)28-10-6-5-9-21(28)24-18/h3-10,15,17H,11-14,16H2,1-2H3,(H,25,30)/t17-/m1/s1. The number of anilines is 1. The van der Waals surface area contributed by atoms with Gasteiger partial charge in [-0.15, -0.1) is 0 Å². The number of carbonyl (C=O) groups is 1. The molecule has 8 heteroatoms. The number of benzene rings is 1. The second kappa shape index (κ2) is 9.28. The van der Waals surface area contributed by atoms with Gasteiger partial charge in [-0.1, -0.05) is 18.2 Å². The van der Waals surface area contributed by atoms with Crippen LogP contribution in [0.1, 0.15) is 12.6 Å². The van der Waals surface area contributed by atoms with Crippen LogP contribution in [0, 0.1) is 0 Å². The largest absolute Gasteiger partial charge is 0.495 e. The van der Waals surface area contributed by atoms with Gasteiger partial charge in [-0.05, 0) is 31.2 Å². The summed E-state index contributed by atoms with van der Waals surface area (Å²) in [6, 6.07) is 14.3. The summed E-state index contributed by atoms with van der Waals surface area (Å²) in [4.78, 5) is 34.1. The number of piperazine rings is 1. The molecule has 1 fully saturated rings. The second-order valence-corrected chi connectivity index (χ2v) is 7.69. The Labute approximate surface area is 181 Å². The summed E-state index contributed by atoms with van der Waals surface area (Å²) < 4.78 is 6.86. The molecule has 1 atom stereocenters. The lowest BCUT2D eigenvalue weighted by Gasteiger charge is -2.37. The predicted molar refractivity (Wildman–Crippen MR) is 119 cm³/mol. The molecule has 4 rings (SSSR count). The first-order chi connectivity index (χ1) is 15.0. The number of nitrogens with one attached hydrogen (secondary N) is 1. The number of rotatable bonds is 6. The number of aromatic nitrogens is 2. The third-order valence-electron chi connectivity index (χ3n) is 5.71. The Kier molecular flexibility index (Phi) is 6.29. The van der Waals surface area contributed by atoms with Crippen molar-refractivity contribution in [3.05, 3.63) is 70.8 Å². The second-order valence-electron chi connectivity index (χ2n) is 7.69. The van der Waals surface area contributed by atoms with Crippen molar-refractivity contribution in [2.24, 2.45) is 0 Å². The molecule has 0 spiro atoms. The molecule has 0 radical (unpaired) electrons. The first-order valence-electron chi connectivity index (χ1n) is 10.4. The monoisotopic (exact) mass is 421 g/mol. The van der Waals surface area contributed by atoms with E-state index in [1.54, 1.807) is 23.8 Å². The maximum Gasteiger partial charge on any atom is 0.258 e. The number of para-hydroxylation sites is 2. The van der Waals surface area contributed by atoms with Gasteiger partial charge in [-0.2, -0.15) is 0 Å². The van der Waals surface area contributed by atoms with Gasteiger partial charge in [0.2, 0.25) is 5.91 Å². The summed E-state index contributed by atoms with van der Waals surface area (Å²) >= 11 is 0. The molecule has 1 aliphatic rings. The third-order valence-corrected chi connectivity index (χ3v) is 5.71. The first kappa shape index (κ1) is 21.0. The minimum atomic E-state index is -0.254. The molecule has 2 aromatic heterocycles. The Balaban J connectivity index is 1.34. The SMILES string of the molecule is COc1ccccc1NC(=O)[C@@H](C)N1CCN(Cc2cc(=O)n3ccccc3n2)CC1. The molecular weight excluding hydrogens is 394 g/mol. The average molecular weight is 422 g/mol. The van der Waals surface area contributed by atoms with E-state index >= 15 is 0 Å². The van der Waals surface area contributed by atoms with Crippen LogP contribution in [0.15, 0.2) is 59.5 Å². The summed E-state index contributed by atoms with van der Waals surface area (Å²) in [6.07, 6.45) is 1.73. The van der Waals surface area contributed by atoms with E-state index in [0.717, 1.165) is 31.9 Å². The van der Waals surface area contributed by atoms with Gasteiger partial charge in [0.05, 0.1) is 24.5 Å². The summed E-state index contributed by atoms with van der Waals surface area (Å²) in [7, 11) is 1.59. The van der Waals surface area contributed by atoms with Crippen LogP contribution in [0.5, 0.6) is 5.75 Å². The molecule has 1 aliphatic heterocycles. The van der Waals surface area contributed by atoms with Gasteiger partial charge in [-0.25, -0.2) is 4.98 Å². The van der Waals surface area contributed by atoms with E-state index in [0.29, 0.717) is 23.6 Å². The highest BCUT2D eigenvalue weighted by Crippen LogP contribution is 2.23. The van der Waals surface area contributed by atoms with Crippen molar-refractivity contribution >= 4 is 17.2 Å². The van der Waals surface area contributed by atoms with Crippen LogP contribution in [-0.2, 0) is 11.3 Å².